The highest BCUT2D eigenvalue weighted by atomic mass is 16.5. The molecule has 30 heavy (non-hydrogen) atoms. The first kappa shape index (κ1) is 22.7. The van der Waals surface area contributed by atoms with E-state index in [1.807, 2.05) is 32.6 Å². The Morgan fingerprint density at radius 3 is 2.00 bits per heavy atom. The van der Waals surface area contributed by atoms with Crippen LogP contribution in [0.3, 0.4) is 0 Å². The van der Waals surface area contributed by atoms with Crippen LogP contribution in [0.15, 0.2) is 59.6 Å². The second-order valence-electron chi connectivity index (χ2n) is 7.31. The van der Waals surface area contributed by atoms with Gasteiger partial charge in [0, 0.05) is 18.2 Å². The molecule has 0 atom stereocenters. The highest BCUT2D eigenvalue weighted by Crippen LogP contribution is 2.18. The van der Waals surface area contributed by atoms with Crippen molar-refractivity contribution in [1.82, 2.24) is 4.90 Å². The summed E-state index contributed by atoms with van der Waals surface area (Å²) < 4.78 is 5.38. The number of nitrogens with two attached hydrogens (primary N) is 2. The van der Waals surface area contributed by atoms with Gasteiger partial charge in [-0.2, -0.15) is 0 Å². The van der Waals surface area contributed by atoms with Crippen molar-refractivity contribution in [3.8, 4) is 5.75 Å². The maximum Gasteiger partial charge on any atom is 0.343 e. The molecule has 7 heteroatoms. The van der Waals surface area contributed by atoms with Crippen LogP contribution in [0.25, 0.3) is 6.08 Å². The van der Waals surface area contributed by atoms with Crippen molar-refractivity contribution >= 4 is 29.6 Å². The molecule has 2 aromatic carbocycles. The number of hydrogen-bond donors (Lipinski definition) is 2. The molecule has 0 saturated heterocycles. The number of ether oxygens (including phenoxy) is 1. The lowest BCUT2D eigenvalue weighted by molar-refractivity contribution is -0.129. The molecule has 0 unspecified atom stereocenters. The molecule has 0 bridgehead atoms. The van der Waals surface area contributed by atoms with E-state index >= 15 is 0 Å². The molecule has 0 aliphatic heterocycles. The lowest BCUT2D eigenvalue weighted by Gasteiger charge is -2.29. The third kappa shape index (κ3) is 6.48. The number of rotatable bonds is 7. The van der Waals surface area contributed by atoms with E-state index in [9.17, 15) is 9.59 Å². The van der Waals surface area contributed by atoms with E-state index in [0.29, 0.717) is 17.0 Å². The van der Waals surface area contributed by atoms with Crippen LogP contribution in [0.1, 0.15) is 43.6 Å². The maximum atomic E-state index is 12.4. The van der Waals surface area contributed by atoms with E-state index in [1.54, 1.807) is 60.7 Å². The lowest BCUT2D eigenvalue weighted by Crippen LogP contribution is -2.41. The highest BCUT2D eigenvalue weighted by Gasteiger charge is 2.17. The van der Waals surface area contributed by atoms with Gasteiger partial charge in [-0.05, 0) is 75.7 Å². The number of esters is 1. The van der Waals surface area contributed by atoms with Gasteiger partial charge in [0.15, 0.2) is 5.96 Å². The summed E-state index contributed by atoms with van der Waals surface area (Å²) in [4.78, 5) is 30.4. The van der Waals surface area contributed by atoms with Crippen LogP contribution in [0.2, 0.25) is 0 Å². The molecule has 4 N–H and O–H groups in total. The molecule has 2 aromatic rings. The zero-order chi connectivity index (χ0) is 22.3. The first-order valence-electron chi connectivity index (χ1n) is 9.69. The second kappa shape index (κ2) is 10.2. The van der Waals surface area contributed by atoms with Gasteiger partial charge in [0.25, 0.3) is 0 Å². The van der Waals surface area contributed by atoms with Gasteiger partial charge >= 0.3 is 5.97 Å². The fourth-order valence-electron chi connectivity index (χ4n) is 2.99. The standard InChI is InChI=1S/C23H28N4O3/c1-15(2)27(16(3)4)21(28)14-7-17-5-12-20(13-6-17)30-22(29)18-8-10-19(11-9-18)26-23(24)25/h5-16H,1-4H3,(H4,24,25,26)/b14-7+. The van der Waals surface area contributed by atoms with Crippen molar-refractivity contribution in [3.05, 3.63) is 65.7 Å². The SMILES string of the molecule is CC(C)N(C(=O)/C=C/c1ccc(OC(=O)c2ccc(N=C(N)N)cc2)cc1)C(C)C. The lowest BCUT2D eigenvalue weighted by atomic mass is 10.1. The van der Waals surface area contributed by atoms with Gasteiger partial charge < -0.3 is 21.1 Å². The molecule has 0 radical (unpaired) electrons. The van der Waals surface area contributed by atoms with Crippen LogP contribution in [0.4, 0.5) is 5.69 Å². The average molecular weight is 409 g/mol. The van der Waals surface area contributed by atoms with E-state index in [0.717, 1.165) is 5.56 Å². The molecule has 0 saturated carbocycles. The monoisotopic (exact) mass is 408 g/mol. The van der Waals surface area contributed by atoms with Gasteiger partial charge in [-0.15, -0.1) is 0 Å². The quantitative estimate of drug-likeness (QED) is 0.240. The largest absolute Gasteiger partial charge is 0.423 e. The van der Waals surface area contributed by atoms with Crippen molar-refractivity contribution in [2.45, 2.75) is 39.8 Å². The highest BCUT2D eigenvalue weighted by molar-refractivity contribution is 5.93. The molecule has 2 rings (SSSR count). The molecule has 0 heterocycles. The third-order valence-electron chi connectivity index (χ3n) is 4.24. The summed E-state index contributed by atoms with van der Waals surface area (Å²) in [6.45, 7) is 7.96. The van der Waals surface area contributed by atoms with E-state index in [1.165, 1.54) is 0 Å². The summed E-state index contributed by atoms with van der Waals surface area (Å²) in [5, 5.41) is 0. The topological polar surface area (TPSA) is 111 Å². The maximum absolute atomic E-state index is 12.4. The molecule has 7 nitrogen and oxygen atoms in total. The molecule has 158 valence electrons. The molecular weight excluding hydrogens is 380 g/mol. The Bertz CT molecular complexity index is 918. The smallest absolute Gasteiger partial charge is 0.343 e. The van der Waals surface area contributed by atoms with Crippen molar-refractivity contribution in [1.29, 1.82) is 0 Å². The van der Waals surface area contributed by atoms with Gasteiger partial charge in [-0.1, -0.05) is 12.1 Å². The summed E-state index contributed by atoms with van der Waals surface area (Å²) in [5.74, 6) is -0.182. The number of aliphatic imine (C=N–C) groups is 1. The number of carbonyl (C=O) groups is 2. The summed E-state index contributed by atoms with van der Waals surface area (Å²) in [7, 11) is 0. The first-order chi connectivity index (χ1) is 14.2. The van der Waals surface area contributed by atoms with Crippen LogP contribution in [-0.2, 0) is 4.79 Å². The van der Waals surface area contributed by atoms with E-state index < -0.39 is 5.97 Å². The summed E-state index contributed by atoms with van der Waals surface area (Å²) in [6.07, 6.45) is 3.30. The Kier molecular flexibility index (Phi) is 7.75. The predicted molar refractivity (Wildman–Crippen MR) is 119 cm³/mol. The molecule has 0 aromatic heterocycles. The minimum Gasteiger partial charge on any atom is -0.423 e. The normalized spacial score (nSPS) is 11.0. The number of guanidine groups is 1. The molecule has 0 aliphatic carbocycles. The Balaban J connectivity index is 2.01. The van der Waals surface area contributed by atoms with Crippen molar-refractivity contribution in [3.63, 3.8) is 0 Å². The number of benzene rings is 2. The second-order valence-corrected chi connectivity index (χ2v) is 7.31. The number of amides is 1. The van der Waals surface area contributed by atoms with Crippen molar-refractivity contribution in [2.75, 3.05) is 0 Å². The predicted octanol–water partition coefficient (Wildman–Crippen LogP) is 3.47. The van der Waals surface area contributed by atoms with Crippen LogP contribution in [-0.4, -0.2) is 34.8 Å². The average Bonchev–Trinajstić information content (AvgIpc) is 2.67. The Hall–Kier alpha value is -3.61. The molecular formula is C23H28N4O3. The van der Waals surface area contributed by atoms with E-state index in [-0.39, 0.29) is 24.0 Å². The minimum atomic E-state index is -0.491. The molecule has 0 fully saturated rings. The van der Waals surface area contributed by atoms with Crippen molar-refractivity contribution in [2.24, 2.45) is 16.5 Å². The fraction of sp³-hybridized carbons (Fsp3) is 0.261. The Morgan fingerprint density at radius 1 is 0.933 bits per heavy atom. The molecule has 0 spiro atoms. The zero-order valence-electron chi connectivity index (χ0n) is 17.7. The van der Waals surface area contributed by atoms with Crippen LogP contribution < -0.4 is 16.2 Å². The molecule has 1 amide bonds. The number of carbonyl (C=O) groups excluding carboxylic acids is 2. The molecule has 0 aliphatic rings. The van der Waals surface area contributed by atoms with Gasteiger partial charge in [-0.3, -0.25) is 4.79 Å². The van der Waals surface area contributed by atoms with Gasteiger partial charge in [0.1, 0.15) is 5.75 Å². The fourth-order valence-corrected chi connectivity index (χ4v) is 2.99. The third-order valence-corrected chi connectivity index (χ3v) is 4.24. The van der Waals surface area contributed by atoms with E-state index in [4.69, 9.17) is 16.2 Å². The zero-order valence-corrected chi connectivity index (χ0v) is 17.7. The first-order valence-corrected chi connectivity index (χ1v) is 9.69. The summed E-state index contributed by atoms with van der Waals surface area (Å²) >= 11 is 0. The van der Waals surface area contributed by atoms with E-state index in [2.05, 4.69) is 4.99 Å². The van der Waals surface area contributed by atoms with Gasteiger partial charge in [0.05, 0.1) is 11.3 Å². The number of hydrogen-bond acceptors (Lipinski definition) is 4. The number of nitrogens with zero attached hydrogens (tertiary/aromatic N) is 2. The van der Waals surface area contributed by atoms with Gasteiger partial charge in [-0.25, -0.2) is 9.79 Å². The minimum absolute atomic E-state index is 0.0420. The van der Waals surface area contributed by atoms with Crippen LogP contribution in [0, 0.1) is 0 Å². The Morgan fingerprint density at radius 2 is 1.50 bits per heavy atom. The van der Waals surface area contributed by atoms with Crippen molar-refractivity contribution < 1.29 is 14.3 Å². The van der Waals surface area contributed by atoms with Crippen LogP contribution >= 0.6 is 0 Å². The summed E-state index contributed by atoms with van der Waals surface area (Å²) in [6, 6.07) is 13.6. The van der Waals surface area contributed by atoms with Crippen LogP contribution in [0.5, 0.6) is 5.75 Å². The Labute approximate surface area is 177 Å². The van der Waals surface area contributed by atoms with Gasteiger partial charge in [0.2, 0.25) is 5.91 Å². The summed E-state index contributed by atoms with van der Waals surface area (Å²) in [5.41, 5.74) is 12.4.